The van der Waals surface area contributed by atoms with Crippen LogP contribution < -0.4 is 11.1 Å². The third-order valence-corrected chi connectivity index (χ3v) is 3.86. The molecule has 0 bridgehead atoms. The van der Waals surface area contributed by atoms with Crippen LogP contribution in [-0.2, 0) is 12.8 Å². The summed E-state index contributed by atoms with van der Waals surface area (Å²) in [5, 5.41) is 2.90. The molecule has 0 unspecified atom stereocenters. The summed E-state index contributed by atoms with van der Waals surface area (Å²) >= 11 is 4.76. The third kappa shape index (κ3) is 3.11. The van der Waals surface area contributed by atoms with Crippen molar-refractivity contribution in [2.75, 3.05) is 0 Å². The molecule has 0 amide bonds. The molecule has 18 heavy (non-hydrogen) atoms. The molecule has 7 heteroatoms. The van der Waals surface area contributed by atoms with Gasteiger partial charge in [0.1, 0.15) is 0 Å². The predicted octanol–water partition coefficient (Wildman–Crippen LogP) is 1.52. The van der Waals surface area contributed by atoms with Gasteiger partial charge < -0.3 is 0 Å². The van der Waals surface area contributed by atoms with Gasteiger partial charge in [-0.05, 0) is 17.7 Å². The van der Waals surface area contributed by atoms with E-state index in [1.54, 1.807) is 7.05 Å². The molecule has 2 rings (SSSR count). The van der Waals surface area contributed by atoms with Crippen LogP contribution in [0, 0.1) is 0 Å². The van der Waals surface area contributed by atoms with Crippen molar-refractivity contribution in [1.29, 1.82) is 0 Å². The average molecular weight is 328 g/mol. The summed E-state index contributed by atoms with van der Waals surface area (Å²) < 4.78 is 2.47. The number of nitrogens with one attached hydrogen (secondary N) is 1. The van der Waals surface area contributed by atoms with Crippen molar-refractivity contribution >= 4 is 27.7 Å². The van der Waals surface area contributed by atoms with E-state index in [0.717, 1.165) is 10.0 Å². The van der Waals surface area contributed by atoms with Gasteiger partial charge in [-0.2, -0.15) is 4.98 Å². The first kappa shape index (κ1) is 13.1. The normalized spacial score (nSPS) is 10.6. The number of thioether (sulfide) groups is 1. The Morgan fingerprint density at radius 2 is 2.00 bits per heavy atom. The maximum atomic E-state index is 11.2. The SMILES string of the molecule is Cn1[nH]c(=O)c(=O)nc1SCc1ccc(Br)cc1. The van der Waals surface area contributed by atoms with E-state index in [0.29, 0.717) is 10.9 Å². The van der Waals surface area contributed by atoms with Gasteiger partial charge in [-0.25, -0.2) is 0 Å². The van der Waals surface area contributed by atoms with Crippen LogP contribution in [0.5, 0.6) is 0 Å². The third-order valence-electron chi connectivity index (χ3n) is 2.23. The number of aryl methyl sites for hydroxylation is 1. The van der Waals surface area contributed by atoms with E-state index < -0.39 is 11.1 Å². The molecule has 2 aromatic rings. The van der Waals surface area contributed by atoms with Crippen LogP contribution in [-0.4, -0.2) is 14.8 Å². The summed E-state index contributed by atoms with van der Waals surface area (Å²) in [7, 11) is 1.65. The number of hydrogen-bond donors (Lipinski definition) is 1. The maximum absolute atomic E-state index is 11.2. The fourth-order valence-corrected chi connectivity index (χ4v) is 2.46. The highest BCUT2D eigenvalue weighted by Gasteiger charge is 2.04. The Balaban J connectivity index is 2.15. The summed E-state index contributed by atoms with van der Waals surface area (Å²) in [6, 6.07) is 7.88. The smallest absolute Gasteiger partial charge is 0.265 e. The Morgan fingerprint density at radius 3 is 2.67 bits per heavy atom. The topological polar surface area (TPSA) is 67.8 Å². The number of nitrogens with zero attached hydrogens (tertiary/aromatic N) is 2. The molecule has 0 radical (unpaired) electrons. The van der Waals surface area contributed by atoms with Crippen LogP contribution in [0.1, 0.15) is 5.56 Å². The molecule has 0 spiro atoms. The molecule has 0 aliphatic rings. The molecule has 94 valence electrons. The van der Waals surface area contributed by atoms with Crippen LogP contribution >= 0.6 is 27.7 Å². The molecule has 0 aliphatic heterocycles. The van der Waals surface area contributed by atoms with Crippen LogP contribution in [0.25, 0.3) is 0 Å². The lowest BCUT2D eigenvalue weighted by Crippen LogP contribution is -2.33. The zero-order chi connectivity index (χ0) is 13.1. The van der Waals surface area contributed by atoms with Gasteiger partial charge in [-0.3, -0.25) is 19.4 Å². The minimum atomic E-state index is -0.758. The van der Waals surface area contributed by atoms with Gasteiger partial charge in [-0.1, -0.05) is 39.8 Å². The average Bonchev–Trinajstić information content (AvgIpc) is 2.34. The first-order chi connectivity index (χ1) is 8.56. The Hall–Kier alpha value is -1.34. The molecular weight excluding hydrogens is 318 g/mol. The predicted molar refractivity (Wildman–Crippen MR) is 73.8 cm³/mol. The van der Waals surface area contributed by atoms with Gasteiger partial charge in [0.05, 0.1) is 0 Å². The fourth-order valence-electron chi connectivity index (χ4n) is 1.32. The monoisotopic (exact) mass is 327 g/mol. The quantitative estimate of drug-likeness (QED) is 0.685. The van der Waals surface area contributed by atoms with Gasteiger partial charge in [0, 0.05) is 17.3 Å². The van der Waals surface area contributed by atoms with E-state index in [9.17, 15) is 9.59 Å². The van der Waals surface area contributed by atoms with E-state index in [1.807, 2.05) is 24.3 Å². The van der Waals surface area contributed by atoms with Crippen molar-refractivity contribution < 1.29 is 0 Å². The standard InChI is InChI=1S/C11H10BrN3O2S/c1-15-11(13-9(16)10(17)14-15)18-6-7-2-4-8(12)5-3-7/h2-5H,6H2,1H3,(H,14,17). The van der Waals surface area contributed by atoms with Gasteiger partial charge in [0.2, 0.25) is 0 Å². The number of aromatic nitrogens is 3. The van der Waals surface area contributed by atoms with Crippen molar-refractivity contribution in [3.8, 4) is 0 Å². The van der Waals surface area contributed by atoms with Crippen molar-refractivity contribution in [3.63, 3.8) is 0 Å². The van der Waals surface area contributed by atoms with Crippen LogP contribution in [0.15, 0.2) is 43.5 Å². The molecule has 0 fully saturated rings. The molecule has 1 heterocycles. The molecule has 1 N–H and O–H groups in total. The van der Waals surface area contributed by atoms with E-state index in [2.05, 4.69) is 26.0 Å². The van der Waals surface area contributed by atoms with E-state index in [-0.39, 0.29) is 0 Å². The van der Waals surface area contributed by atoms with Crippen LogP contribution in [0.2, 0.25) is 0 Å². The highest BCUT2D eigenvalue weighted by atomic mass is 79.9. The Bertz CT molecular complexity index is 663. The number of aromatic amines is 1. The summed E-state index contributed by atoms with van der Waals surface area (Å²) in [4.78, 5) is 25.9. The summed E-state index contributed by atoms with van der Waals surface area (Å²) in [6.45, 7) is 0. The minimum Gasteiger partial charge on any atom is -0.265 e. The molecule has 1 aromatic heterocycles. The number of halogens is 1. The van der Waals surface area contributed by atoms with Crippen molar-refractivity contribution in [2.24, 2.45) is 7.05 Å². The molecule has 0 saturated heterocycles. The lowest BCUT2D eigenvalue weighted by atomic mass is 10.2. The molecule has 5 nitrogen and oxygen atoms in total. The zero-order valence-corrected chi connectivity index (χ0v) is 11.9. The molecular formula is C11H10BrN3O2S. The van der Waals surface area contributed by atoms with Crippen molar-refractivity contribution in [1.82, 2.24) is 14.8 Å². The first-order valence-electron chi connectivity index (χ1n) is 5.11. The molecule has 0 aliphatic carbocycles. The van der Waals surface area contributed by atoms with Crippen LogP contribution in [0.4, 0.5) is 0 Å². The summed E-state index contributed by atoms with van der Waals surface area (Å²) in [5.74, 6) is 0.680. The van der Waals surface area contributed by atoms with Crippen LogP contribution in [0.3, 0.4) is 0 Å². The second-order valence-electron chi connectivity index (χ2n) is 3.61. The van der Waals surface area contributed by atoms with E-state index in [4.69, 9.17) is 0 Å². The van der Waals surface area contributed by atoms with Gasteiger partial charge in [0.25, 0.3) is 0 Å². The Kier molecular flexibility index (Phi) is 4.03. The molecule has 0 saturated carbocycles. The number of H-pyrrole nitrogens is 1. The van der Waals surface area contributed by atoms with E-state index >= 15 is 0 Å². The number of benzene rings is 1. The highest BCUT2D eigenvalue weighted by Crippen LogP contribution is 2.20. The van der Waals surface area contributed by atoms with Crippen molar-refractivity contribution in [2.45, 2.75) is 10.9 Å². The number of rotatable bonds is 3. The summed E-state index contributed by atoms with van der Waals surface area (Å²) in [6.07, 6.45) is 0. The summed E-state index contributed by atoms with van der Waals surface area (Å²) in [5.41, 5.74) is -0.347. The Labute approximate surface area is 115 Å². The second kappa shape index (κ2) is 5.53. The second-order valence-corrected chi connectivity index (χ2v) is 5.47. The highest BCUT2D eigenvalue weighted by molar-refractivity contribution is 9.10. The fraction of sp³-hybridized carbons (Fsp3) is 0.182. The molecule has 1 aromatic carbocycles. The lowest BCUT2D eigenvalue weighted by molar-refractivity contribution is 0.596. The largest absolute Gasteiger partial charge is 0.339 e. The number of hydrogen-bond acceptors (Lipinski definition) is 4. The minimum absolute atomic E-state index is 0.488. The van der Waals surface area contributed by atoms with Gasteiger partial charge in [0.15, 0.2) is 5.16 Å². The first-order valence-corrected chi connectivity index (χ1v) is 6.89. The maximum Gasteiger partial charge on any atom is 0.339 e. The van der Waals surface area contributed by atoms with Crippen molar-refractivity contribution in [3.05, 3.63) is 55.0 Å². The Morgan fingerprint density at radius 1 is 1.33 bits per heavy atom. The van der Waals surface area contributed by atoms with E-state index in [1.165, 1.54) is 16.4 Å². The lowest BCUT2D eigenvalue weighted by Gasteiger charge is -2.05. The van der Waals surface area contributed by atoms with Gasteiger partial charge in [-0.15, -0.1) is 0 Å². The zero-order valence-electron chi connectivity index (χ0n) is 9.51. The van der Waals surface area contributed by atoms with Gasteiger partial charge >= 0.3 is 11.1 Å². The molecule has 0 atom stereocenters.